The Balaban J connectivity index is 1.93. The maximum Gasteiger partial charge on any atom is 0.179 e. The second kappa shape index (κ2) is 4.28. The minimum Gasteiger partial charge on any atom is -0.393 e. The first-order valence-corrected chi connectivity index (χ1v) is 7.13. The molecular weight excluding hydrogens is 254 g/mol. The largest absolute Gasteiger partial charge is 0.393 e. The fourth-order valence-corrected chi connectivity index (χ4v) is 3.50. The zero-order valence-electron chi connectivity index (χ0n) is 11.3. The van der Waals surface area contributed by atoms with Gasteiger partial charge < -0.3 is 10.1 Å². The van der Waals surface area contributed by atoms with Gasteiger partial charge in [0, 0.05) is 12.1 Å². The van der Waals surface area contributed by atoms with Crippen LogP contribution in [0.25, 0.3) is 16.8 Å². The molecule has 0 spiro atoms. The van der Waals surface area contributed by atoms with Gasteiger partial charge in [-0.25, -0.2) is 4.98 Å². The van der Waals surface area contributed by atoms with E-state index in [-0.39, 0.29) is 12.0 Å². The lowest BCUT2D eigenvalue weighted by Crippen LogP contribution is -2.09. The summed E-state index contributed by atoms with van der Waals surface area (Å²) >= 11 is 0. The van der Waals surface area contributed by atoms with Crippen molar-refractivity contribution in [2.24, 2.45) is 5.92 Å². The molecule has 3 aromatic heterocycles. The van der Waals surface area contributed by atoms with E-state index in [1.807, 2.05) is 12.3 Å². The van der Waals surface area contributed by atoms with Crippen molar-refractivity contribution in [1.82, 2.24) is 24.6 Å². The Bertz CT molecular complexity index is 761. The third-order valence-electron chi connectivity index (χ3n) is 4.49. The number of hydrogen-bond acceptors (Lipinski definition) is 4. The Morgan fingerprint density at radius 3 is 3.15 bits per heavy atom. The van der Waals surface area contributed by atoms with Crippen LogP contribution in [0.1, 0.15) is 37.9 Å². The molecule has 1 aliphatic rings. The quantitative estimate of drug-likeness (QED) is 0.745. The van der Waals surface area contributed by atoms with Crippen LogP contribution >= 0.6 is 0 Å². The number of H-pyrrole nitrogens is 1. The lowest BCUT2D eigenvalue weighted by Gasteiger charge is -2.15. The molecule has 1 aliphatic carbocycles. The van der Waals surface area contributed by atoms with E-state index in [0.717, 1.165) is 41.9 Å². The molecule has 1 fully saturated rings. The molecule has 104 valence electrons. The molecule has 6 nitrogen and oxygen atoms in total. The molecule has 0 aliphatic heterocycles. The highest BCUT2D eigenvalue weighted by atomic mass is 16.3. The lowest BCUT2D eigenvalue weighted by atomic mass is 9.93. The number of nitrogens with zero attached hydrogens (tertiary/aromatic N) is 4. The number of rotatable bonds is 2. The number of fused-ring (bicyclic) bond motifs is 3. The maximum atomic E-state index is 9.97. The zero-order valence-corrected chi connectivity index (χ0v) is 11.3. The summed E-state index contributed by atoms with van der Waals surface area (Å²) in [7, 11) is 0. The highest BCUT2D eigenvalue weighted by molar-refractivity contribution is 5.74. The highest BCUT2D eigenvalue weighted by Gasteiger charge is 2.36. The van der Waals surface area contributed by atoms with Gasteiger partial charge >= 0.3 is 0 Å². The van der Waals surface area contributed by atoms with E-state index in [1.54, 1.807) is 6.20 Å². The van der Waals surface area contributed by atoms with Crippen LogP contribution in [0.4, 0.5) is 0 Å². The summed E-state index contributed by atoms with van der Waals surface area (Å²) in [6.45, 7) is 2.17. The van der Waals surface area contributed by atoms with Crippen LogP contribution in [0.15, 0.2) is 18.5 Å². The minimum absolute atomic E-state index is 0.221. The SMILES string of the molecule is CC[C@@H]1C[C@@H](O)C[C@@H]1c1nnc2cnc3[nH]ccc3n12. The lowest BCUT2D eigenvalue weighted by molar-refractivity contribution is 0.176. The van der Waals surface area contributed by atoms with E-state index in [9.17, 15) is 5.11 Å². The Labute approximate surface area is 115 Å². The first-order valence-electron chi connectivity index (χ1n) is 7.13. The molecule has 3 aromatic rings. The number of nitrogens with one attached hydrogen (secondary N) is 1. The monoisotopic (exact) mass is 271 g/mol. The van der Waals surface area contributed by atoms with Crippen molar-refractivity contribution in [2.45, 2.75) is 38.2 Å². The predicted octanol–water partition coefficient (Wildman–Crippen LogP) is 1.87. The van der Waals surface area contributed by atoms with Crippen molar-refractivity contribution in [3.8, 4) is 0 Å². The van der Waals surface area contributed by atoms with Gasteiger partial charge in [0.25, 0.3) is 0 Å². The van der Waals surface area contributed by atoms with Gasteiger partial charge in [-0.15, -0.1) is 10.2 Å². The molecule has 1 saturated carbocycles. The van der Waals surface area contributed by atoms with E-state index < -0.39 is 0 Å². The van der Waals surface area contributed by atoms with E-state index in [0.29, 0.717) is 5.92 Å². The van der Waals surface area contributed by atoms with Crippen LogP contribution in [0.5, 0.6) is 0 Å². The van der Waals surface area contributed by atoms with Crippen LogP contribution in [0.2, 0.25) is 0 Å². The van der Waals surface area contributed by atoms with Crippen molar-refractivity contribution in [2.75, 3.05) is 0 Å². The molecule has 2 N–H and O–H groups in total. The first-order chi connectivity index (χ1) is 9.78. The van der Waals surface area contributed by atoms with Crippen molar-refractivity contribution in [3.05, 3.63) is 24.3 Å². The number of hydrogen-bond donors (Lipinski definition) is 2. The van der Waals surface area contributed by atoms with Gasteiger partial charge in [0.05, 0.1) is 17.8 Å². The minimum atomic E-state index is -0.221. The molecule has 0 radical (unpaired) electrons. The van der Waals surface area contributed by atoms with E-state index in [2.05, 4.69) is 31.5 Å². The topological polar surface area (TPSA) is 79.1 Å². The van der Waals surface area contributed by atoms with Crippen LogP contribution in [-0.4, -0.2) is 35.8 Å². The molecule has 3 heterocycles. The highest BCUT2D eigenvalue weighted by Crippen LogP contribution is 2.41. The normalized spacial score (nSPS) is 26.8. The molecule has 4 rings (SSSR count). The van der Waals surface area contributed by atoms with Gasteiger partial charge in [-0.3, -0.25) is 4.40 Å². The fourth-order valence-electron chi connectivity index (χ4n) is 3.50. The van der Waals surface area contributed by atoms with Crippen LogP contribution in [-0.2, 0) is 0 Å². The van der Waals surface area contributed by atoms with Crippen LogP contribution in [0, 0.1) is 5.92 Å². The summed E-state index contributed by atoms with van der Waals surface area (Å²) in [5, 5.41) is 18.6. The number of aromatic amines is 1. The smallest absolute Gasteiger partial charge is 0.179 e. The summed E-state index contributed by atoms with van der Waals surface area (Å²) < 4.78 is 2.07. The molecular formula is C14H17N5O. The third kappa shape index (κ3) is 1.57. The number of aromatic nitrogens is 5. The molecule has 0 aromatic carbocycles. The van der Waals surface area contributed by atoms with Crippen molar-refractivity contribution < 1.29 is 5.11 Å². The Morgan fingerprint density at radius 2 is 2.30 bits per heavy atom. The van der Waals surface area contributed by atoms with Crippen molar-refractivity contribution in [1.29, 1.82) is 0 Å². The van der Waals surface area contributed by atoms with Gasteiger partial charge in [0.15, 0.2) is 11.3 Å². The van der Waals surface area contributed by atoms with Gasteiger partial charge in [-0.05, 0) is 24.8 Å². The summed E-state index contributed by atoms with van der Waals surface area (Å²) in [6.07, 6.45) is 6.08. The van der Waals surface area contributed by atoms with Crippen molar-refractivity contribution in [3.63, 3.8) is 0 Å². The van der Waals surface area contributed by atoms with Gasteiger partial charge in [-0.1, -0.05) is 13.3 Å². The van der Waals surface area contributed by atoms with Gasteiger partial charge in [0.1, 0.15) is 5.82 Å². The summed E-state index contributed by atoms with van der Waals surface area (Å²) in [5.74, 6) is 1.69. The van der Waals surface area contributed by atoms with Gasteiger partial charge in [-0.2, -0.15) is 0 Å². The molecule has 0 saturated heterocycles. The predicted molar refractivity (Wildman–Crippen MR) is 74.4 cm³/mol. The molecule has 0 bridgehead atoms. The van der Waals surface area contributed by atoms with Crippen molar-refractivity contribution >= 4 is 16.8 Å². The molecule has 0 amide bonds. The van der Waals surface area contributed by atoms with Gasteiger partial charge in [0.2, 0.25) is 0 Å². The third-order valence-corrected chi connectivity index (χ3v) is 4.49. The molecule has 6 heteroatoms. The van der Waals surface area contributed by atoms with E-state index in [1.165, 1.54) is 0 Å². The maximum absolute atomic E-state index is 9.97. The second-order valence-electron chi connectivity index (χ2n) is 5.62. The summed E-state index contributed by atoms with van der Waals surface area (Å²) in [6, 6.07) is 1.99. The number of aliphatic hydroxyl groups is 1. The van der Waals surface area contributed by atoms with E-state index in [4.69, 9.17) is 0 Å². The standard InChI is InChI=1S/C14H17N5O/c1-2-8-5-9(20)6-10(8)14-18-17-12-7-16-13-11(19(12)14)3-4-15-13/h3-4,7-10,15,20H,2,5-6H2,1H3/t8-,9-,10+/m1/s1. The zero-order chi connectivity index (χ0) is 13.7. The molecule has 3 atom stereocenters. The Morgan fingerprint density at radius 1 is 1.40 bits per heavy atom. The average Bonchev–Trinajstić information content (AvgIpc) is 3.13. The molecule has 0 unspecified atom stereocenters. The summed E-state index contributed by atoms with van der Waals surface area (Å²) in [5.41, 5.74) is 2.60. The van der Waals surface area contributed by atoms with E-state index >= 15 is 0 Å². The van der Waals surface area contributed by atoms with Crippen LogP contribution < -0.4 is 0 Å². The van der Waals surface area contributed by atoms with Crippen LogP contribution in [0.3, 0.4) is 0 Å². The average molecular weight is 271 g/mol. The Hall–Kier alpha value is -1.95. The fraction of sp³-hybridized carbons (Fsp3) is 0.500. The Kier molecular flexibility index (Phi) is 2.53. The summed E-state index contributed by atoms with van der Waals surface area (Å²) in [4.78, 5) is 7.45. The number of aliphatic hydroxyl groups excluding tert-OH is 1. The second-order valence-corrected chi connectivity index (χ2v) is 5.62. The first kappa shape index (κ1) is 11.8. The molecule has 20 heavy (non-hydrogen) atoms.